The van der Waals surface area contributed by atoms with Crippen molar-refractivity contribution >= 4 is 32.2 Å². The molecule has 0 amide bonds. The fourth-order valence-electron chi connectivity index (χ4n) is 1.49. The van der Waals surface area contributed by atoms with Crippen LogP contribution in [0.15, 0.2) is 64.4 Å². The van der Waals surface area contributed by atoms with Gasteiger partial charge in [-0.25, -0.2) is 8.42 Å². The van der Waals surface area contributed by atoms with Crippen molar-refractivity contribution in [3.63, 3.8) is 0 Å². The molecule has 1 atom stereocenters. The van der Waals surface area contributed by atoms with Gasteiger partial charge in [-0.3, -0.25) is 4.21 Å². The minimum absolute atomic E-state index is 0.178. The van der Waals surface area contributed by atoms with Crippen LogP contribution < -0.4 is 0 Å². The Morgan fingerprint density at radius 1 is 0.947 bits per heavy atom. The highest BCUT2D eigenvalue weighted by Gasteiger charge is 2.18. The first-order valence-electron chi connectivity index (χ1n) is 5.41. The van der Waals surface area contributed by atoms with Crippen molar-refractivity contribution < 1.29 is 12.6 Å². The summed E-state index contributed by atoms with van der Waals surface area (Å²) in [6.07, 6.45) is 0. The maximum Gasteiger partial charge on any atom is 0.190 e. The third-order valence-corrected chi connectivity index (χ3v) is 6.58. The molecule has 1 unspecified atom stereocenters. The van der Waals surface area contributed by atoms with Gasteiger partial charge in [-0.2, -0.15) is 0 Å². The van der Waals surface area contributed by atoms with E-state index >= 15 is 0 Å². The lowest BCUT2D eigenvalue weighted by molar-refractivity contribution is 0.600. The molecule has 6 heteroatoms. The first-order valence-corrected chi connectivity index (χ1v) is 8.76. The molecule has 0 heterocycles. The van der Waals surface area contributed by atoms with Crippen LogP contribution in [0.25, 0.3) is 0 Å². The van der Waals surface area contributed by atoms with Crippen LogP contribution in [0.1, 0.15) is 0 Å². The van der Waals surface area contributed by atoms with Crippen molar-refractivity contribution in [3.8, 4) is 0 Å². The van der Waals surface area contributed by atoms with Gasteiger partial charge in [0.05, 0.1) is 15.7 Å². The van der Waals surface area contributed by atoms with E-state index in [1.165, 1.54) is 12.1 Å². The van der Waals surface area contributed by atoms with Gasteiger partial charge in [0.25, 0.3) is 0 Å². The Bertz CT molecular complexity index is 680. The average Bonchev–Trinajstić information content (AvgIpc) is 2.40. The Morgan fingerprint density at radius 3 is 2.11 bits per heavy atom. The predicted octanol–water partition coefficient (Wildman–Crippen LogP) is 2.88. The molecule has 0 saturated heterocycles. The molecular formula is C13H11ClO3S2. The molecule has 2 aromatic rings. The molecule has 2 rings (SSSR count). The lowest BCUT2D eigenvalue weighted by Gasteiger charge is -2.05. The van der Waals surface area contributed by atoms with E-state index < -0.39 is 25.7 Å². The van der Waals surface area contributed by atoms with Gasteiger partial charge >= 0.3 is 0 Å². The van der Waals surface area contributed by atoms with Gasteiger partial charge in [0.1, 0.15) is 5.08 Å². The van der Waals surface area contributed by atoms with E-state index in [9.17, 15) is 12.6 Å². The summed E-state index contributed by atoms with van der Waals surface area (Å²) >= 11 is 5.73. The summed E-state index contributed by atoms with van der Waals surface area (Å²) in [6.45, 7) is 0. The lowest BCUT2D eigenvalue weighted by Crippen LogP contribution is -2.11. The molecule has 2 aromatic carbocycles. The van der Waals surface area contributed by atoms with E-state index in [-0.39, 0.29) is 4.90 Å². The second kappa shape index (κ2) is 5.86. The van der Waals surface area contributed by atoms with Crippen LogP contribution >= 0.6 is 11.6 Å². The predicted molar refractivity (Wildman–Crippen MR) is 76.4 cm³/mol. The second-order valence-electron chi connectivity index (χ2n) is 3.85. The van der Waals surface area contributed by atoms with Crippen molar-refractivity contribution in [2.75, 3.05) is 5.08 Å². The van der Waals surface area contributed by atoms with E-state index in [0.29, 0.717) is 9.92 Å². The van der Waals surface area contributed by atoms with Gasteiger partial charge in [-0.05, 0) is 36.4 Å². The van der Waals surface area contributed by atoms with Crippen molar-refractivity contribution in [2.24, 2.45) is 0 Å². The monoisotopic (exact) mass is 314 g/mol. The molecule has 0 saturated carbocycles. The average molecular weight is 315 g/mol. The molecule has 0 aliphatic heterocycles. The zero-order valence-corrected chi connectivity index (χ0v) is 12.2. The van der Waals surface area contributed by atoms with Crippen molar-refractivity contribution in [2.45, 2.75) is 9.79 Å². The first-order chi connectivity index (χ1) is 8.99. The summed E-state index contributed by atoms with van der Waals surface area (Å²) in [5, 5.41) is 0.0882. The Balaban J connectivity index is 2.22. The maximum absolute atomic E-state index is 12.1. The van der Waals surface area contributed by atoms with Gasteiger partial charge in [-0.15, -0.1) is 0 Å². The molecule has 0 aromatic heterocycles. The molecule has 0 radical (unpaired) electrons. The highest BCUT2D eigenvalue weighted by Crippen LogP contribution is 2.17. The second-order valence-corrected chi connectivity index (χ2v) is 8.09. The van der Waals surface area contributed by atoms with Crippen LogP contribution in [0.4, 0.5) is 0 Å². The van der Waals surface area contributed by atoms with Crippen LogP contribution in [0.2, 0.25) is 5.02 Å². The molecule has 0 bridgehead atoms. The molecule has 100 valence electrons. The molecule has 0 aliphatic carbocycles. The Hall–Kier alpha value is -1.17. The number of halogens is 1. The van der Waals surface area contributed by atoms with E-state index in [2.05, 4.69) is 0 Å². The number of hydrogen-bond donors (Lipinski definition) is 0. The minimum Gasteiger partial charge on any atom is -0.253 e. The zero-order valence-electron chi connectivity index (χ0n) is 9.82. The SMILES string of the molecule is O=S(CS(=O)(=O)c1ccccc1)c1ccc(Cl)cc1. The summed E-state index contributed by atoms with van der Waals surface area (Å²) in [4.78, 5) is 0.626. The molecule has 0 aliphatic rings. The van der Waals surface area contributed by atoms with Crippen LogP contribution in [-0.2, 0) is 20.6 Å². The molecule has 0 fully saturated rings. The summed E-state index contributed by atoms with van der Waals surface area (Å²) in [5.41, 5.74) is 0. The zero-order chi connectivity index (χ0) is 13.9. The van der Waals surface area contributed by atoms with E-state index in [4.69, 9.17) is 11.6 Å². The van der Waals surface area contributed by atoms with Gasteiger partial charge < -0.3 is 0 Å². The quantitative estimate of drug-likeness (QED) is 0.872. The molecule has 0 spiro atoms. The van der Waals surface area contributed by atoms with Gasteiger partial charge in [0.2, 0.25) is 0 Å². The highest BCUT2D eigenvalue weighted by molar-refractivity contribution is 8.05. The van der Waals surface area contributed by atoms with Crippen molar-refractivity contribution in [3.05, 3.63) is 59.6 Å². The largest absolute Gasteiger partial charge is 0.253 e. The molecule has 3 nitrogen and oxygen atoms in total. The Morgan fingerprint density at radius 2 is 1.53 bits per heavy atom. The van der Waals surface area contributed by atoms with Gasteiger partial charge in [0, 0.05) is 9.92 Å². The van der Waals surface area contributed by atoms with Crippen molar-refractivity contribution in [1.82, 2.24) is 0 Å². The summed E-state index contributed by atoms with van der Waals surface area (Å²) in [7, 11) is -5.16. The Labute approximate surface area is 119 Å². The molecule has 0 N–H and O–H groups in total. The summed E-state index contributed by atoms with van der Waals surface area (Å²) in [5.74, 6) is 0. The van der Waals surface area contributed by atoms with Crippen LogP contribution in [0, 0.1) is 0 Å². The number of hydrogen-bond acceptors (Lipinski definition) is 3. The van der Waals surface area contributed by atoms with Crippen molar-refractivity contribution in [1.29, 1.82) is 0 Å². The highest BCUT2D eigenvalue weighted by atomic mass is 35.5. The van der Waals surface area contributed by atoms with Crippen LogP contribution in [0.5, 0.6) is 0 Å². The third-order valence-electron chi connectivity index (χ3n) is 2.44. The van der Waals surface area contributed by atoms with E-state index in [0.717, 1.165) is 0 Å². The Kier molecular flexibility index (Phi) is 4.39. The van der Waals surface area contributed by atoms with Crippen LogP contribution in [0.3, 0.4) is 0 Å². The number of rotatable bonds is 4. The lowest BCUT2D eigenvalue weighted by atomic mass is 10.4. The van der Waals surface area contributed by atoms with E-state index in [1.54, 1.807) is 42.5 Å². The number of benzene rings is 2. The topological polar surface area (TPSA) is 51.2 Å². The normalized spacial score (nSPS) is 13.1. The summed E-state index contributed by atoms with van der Waals surface area (Å²) in [6, 6.07) is 14.3. The summed E-state index contributed by atoms with van der Waals surface area (Å²) < 4.78 is 36.2. The first kappa shape index (κ1) is 14.2. The smallest absolute Gasteiger partial charge is 0.190 e. The minimum atomic E-state index is -3.55. The van der Waals surface area contributed by atoms with Gasteiger partial charge in [0.15, 0.2) is 9.84 Å². The maximum atomic E-state index is 12.1. The van der Waals surface area contributed by atoms with Gasteiger partial charge in [-0.1, -0.05) is 29.8 Å². The van der Waals surface area contributed by atoms with E-state index in [1.807, 2.05) is 0 Å². The fraction of sp³-hybridized carbons (Fsp3) is 0.0769. The number of sulfone groups is 1. The molecular weight excluding hydrogens is 304 g/mol. The molecule has 19 heavy (non-hydrogen) atoms. The third kappa shape index (κ3) is 3.65. The van der Waals surface area contributed by atoms with Crippen LogP contribution in [-0.4, -0.2) is 17.7 Å². The standard InChI is InChI=1S/C13H11ClO3S2/c14-11-6-8-12(9-7-11)18(15)10-19(16,17)13-4-2-1-3-5-13/h1-9H,10H2. The fourth-order valence-corrected chi connectivity index (χ4v) is 4.84.